The van der Waals surface area contributed by atoms with Gasteiger partial charge in [0.1, 0.15) is 5.69 Å². The number of nitrogens with one attached hydrogen (secondary N) is 1. The van der Waals surface area contributed by atoms with Crippen LogP contribution in [0.3, 0.4) is 0 Å². The average Bonchev–Trinajstić information content (AvgIpc) is 2.47. The van der Waals surface area contributed by atoms with E-state index in [4.69, 9.17) is 0 Å². The van der Waals surface area contributed by atoms with Crippen molar-refractivity contribution in [3.8, 4) is 0 Å². The summed E-state index contributed by atoms with van der Waals surface area (Å²) < 4.78 is 0. The third-order valence-electron chi connectivity index (χ3n) is 3.56. The van der Waals surface area contributed by atoms with Gasteiger partial charge in [-0.05, 0) is 25.5 Å². The molecule has 1 aliphatic heterocycles. The predicted molar refractivity (Wildman–Crippen MR) is 80.7 cm³/mol. The lowest BCUT2D eigenvalue weighted by Gasteiger charge is -2.35. The number of rotatable bonds is 3. The number of carbonyl (C=O) groups is 1. The van der Waals surface area contributed by atoms with Crippen LogP contribution in [0.15, 0.2) is 18.2 Å². The van der Waals surface area contributed by atoms with Crippen LogP contribution in [0.2, 0.25) is 0 Å². The Balaban J connectivity index is 2.10. The lowest BCUT2D eigenvalue weighted by molar-refractivity contribution is -0.384. The Hall–Kier alpha value is -2.31. The monoisotopic (exact) mass is 292 g/mol. The molecule has 0 saturated carbocycles. The van der Waals surface area contributed by atoms with Gasteiger partial charge >= 0.3 is 6.03 Å². The zero-order valence-corrected chi connectivity index (χ0v) is 12.3. The maximum Gasteiger partial charge on any atom is 0.317 e. The van der Waals surface area contributed by atoms with Crippen molar-refractivity contribution in [2.24, 2.45) is 0 Å². The molecule has 0 bridgehead atoms. The Morgan fingerprint density at radius 3 is 2.57 bits per heavy atom. The molecule has 0 spiro atoms. The van der Waals surface area contributed by atoms with E-state index in [-0.39, 0.29) is 16.6 Å². The molecular formula is C14H20N4O3. The standard InChI is InChI=1S/C14H20N4O3/c1-3-15-14(19)17-8-6-16(7-9-17)13-10-11(2)4-5-12(13)18(20)21/h4-5,10H,3,6-9H2,1-2H3,(H,15,19). The molecule has 7 heteroatoms. The number of benzene rings is 1. The van der Waals surface area contributed by atoms with Crippen LogP contribution in [0.25, 0.3) is 0 Å². The number of urea groups is 1. The van der Waals surface area contributed by atoms with E-state index in [9.17, 15) is 14.9 Å². The Kier molecular flexibility index (Phi) is 4.62. The fraction of sp³-hybridized carbons (Fsp3) is 0.500. The normalized spacial score (nSPS) is 15.0. The van der Waals surface area contributed by atoms with Gasteiger partial charge in [-0.15, -0.1) is 0 Å². The van der Waals surface area contributed by atoms with Gasteiger partial charge < -0.3 is 15.1 Å². The van der Waals surface area contributed by atoms with E-state index in [2.05, 4.69) is 5.32 Å². The number of nitro groups is 1. The van der Waals surface area contributed by atoms with Gasteiger partial charge in [0.25, 0.3) is 5.69 Å². The van der Waals surface area contributed by atoms with Crippen LogP contribution in [0, 0.1) is 17.0 Å². The molecule has 21 heavy (non-hydrogen) atoms. The first kappa shape index (κ1) is 15.1. The second kappa shape index (κ2) is 6.43. The minimum Gasteiger partial charge on any atom is -0.362 e. The molecule has 1 N–H and O–H groups in total. The molecule has 1 fully saturated rings. The van der Waals surface area contributed by atoms with Gasteiger partial charge in [-0.1, -0.05) is 6.07 Å². The molecule has 1 aromatic rings. The van der Waals surface area contributed by atoms with Crippen molar-refractivity contribution in [2.75, 3.05) is 37.6 Å². The van der Waals surface area contributed by atoms with Gasteiger partial charge in [-0.3, -0.25) is 10.1 Å². The van der Waals surface area contributed by atoms with Crippen molar-refractivity contribution in [1.29, 1.82) is 0 Å². The minimum absolute atomic E-state index is 0.0732. The molecule has 2 rings (SSSR count). The average molecular weight is 292 g/mol. The maximum absolute atomic E-state index is 11.8. The number of amides is 2. The lowest BCUT2D eigenvalue weighted by atomic mass is 10.1. The van der Waals surface area contributed by atoms with E-state index in [1.807, 2.05) is 24.8 Å². The summed E-state index contributed by atoms with van der Waals surface area (Å²) in [5, 5.41) is 13.9. The summed E-state index contributed by atoms with van der Waals surface area (Å²) in [6.07, 6.45) is 0. The number of hydrogen-bond acceptors (Lipinski definition) is 4. The summed E-state index contributed by atoms with van der Waals surface area (Å²) in [5.74, 6) is 0. The van der Waals surface area contributed by atoms with Crippen molar-refractivity contribution in [3.05, 3.63) is 33.9 Å². The number of nitrogens with zero attached hydrogens (tertiary/aromatic N) is 3. The topological polar surface area (TPSA) is 78.7 Å². The summed E-state index contributed by atoms with van der Waals surface area (Å²) >= 11 is 0. The third-order valence-corrected chi connectivity index (χ3v) is 3.56. The molecule has 0 radical (unpaired) electrons. The number of hydrogen-bond donors (Lipinski definition) is 1. The van der Waals surface area contributed by atoms with E-state index in [0.717, 1.165) is 5.56 Å². The van der Waals surface area contributed by atoms with Crippen molar-refractivity contribution in [1.82, 2.24) is 10.2 Å². The van der Waals surface area contributed by atoms with Gasteiger partial charge in [0.2, 0.25) is 0 Å². The van der Waals surface area contributed by atoms with E-state index in [0.29, 0.717) is 38.4 Å². The third kappa shape index (κ3) is 3.42. The fourth-order valence-electron chi connectivity index (χ4n) is 2.45. The molecule has 1 aliphatic rings. The van der Waals surface area contributed by atoms with Crippen LogP contribution in [0.1, 0.15) is 12.5 Å². The molecule has 1 heterocycles. The molecule has 0 unspecified atom stereocenters. The number of aryl methyl sites for hydroxylation is 1. The Morgan fingerprint density at radius 2 is 2.00 bits per heavy atom. The SMILES string of the molecule is CCNC(=O)N1CCN(c2cc(C)ccc2[N+](=O)[O-])CC1. The predicted octanol–water partition coefficient (Wildman–Crippen LogP) is 1.75. The first-order valence-electron chi connectivity index (χ1n) is 7.05. The molecule has 0 aromatic heterocycles. The molecule has 114 valence electrons. The van der Waals surface area contributed by atoms with Crippen LogP contribution < -0.4 is 10.2 Å². The van der Waals surface area contributed by atoms with Gasteiger partial charge in [0, 0.05) is 38.8 Å². The molecule has 1 saturated heterocycles. The highest BCUT2D eigenvalue weighted by atomic mass is 16.6. The van der Waals surface area contributed by atoms with E-state index >= 15 is 0 Å². The van der Waals surface area contributed by atoms with Crippen LogP contribution in [-0.2, 0) is 0 Å². The second-order valence-electron chi connectivity index (χ2n) is 5.06. The Morgan fingerprint density at radius 1 is 1.33 bits per heavy atom. The molecule has 2 amide bonds. The van der Waals surface area contributed by atoms with Crippen molar-refractivity contribution in [2.45, 2.75) is 13.8 Å². The second-order valence-corrected chi connectivity index (χ2v) is 5.06. The van der Waals surface area contributed by atoms with E-state index in [1.54, 1.807) is 17.0 Å². The quantitative estimate of drug-likeness (QED) is 0.680. The highest BCUT2D eigenvalue weighted by Gasteiger charge is 2.25. The van der Waals surface area contributed by atoms with Crippen LogP contribution in [0.4, 0.5) is 16.2 Å². The summed E-state index contributed by atoms with van der Waals surface area (Å²) in [7, 11) is 0. The molecule has 7 nitrogen and oxygen atoms in total. The molecule has 1 aromatic carbocycles. The fourth-order valence-corrected chi connectivity index (χ4v) is 2.45. The highest BCUT2D eigenvalue weighted by molar-refractivity contribution is 5.74. The lowest BCUT2D eigenvalue weighted by Crippen LogP contribution is -2.52. The number of piperazine rings is 1. The van der Waals surface area contributed by atoms with Crippen LogP contribution in [0.5, 0.6) is 0 Å². The van der Waals surface area contributed by atoms with Crippen molar-refractivity contribution >= 4 is 17.4 Å². The summed E-state index contributed by atoms with van der Waals surface area (Å²) in [6.45, 7) is 6.72. The maximum atomic E-state index is 11.8. The van der Waals surface area contributed by atoms with Crippen LogP contribution in [-0.4, -0.2) is 48.6 Å². The van der Waals surface area contributed by atoms with Gasteiger partial charge in [-0.2, -0.15) is 0 Å². The van der Waals surface area contributed by atoms with Gasteiger partial charge in [-0.25, -0.2) is 4.79 Å². The molecule has 0 atom stereocenters. The highest BCUT2D eigenvalue weighted by Crippen LogP contribution is 2.29. The molecular weight excluding hydrogens is 272 g/mol. The van der Waals surface area contributed by atoms with E-state index in [1.165, 1.54) is 0 Å². The zero-order chi connectivity index (χ0) is 15.4. The smallest absolute Gasteiger partial charge is 0.317 e. The first-order chi connectivity index (χ1) is 10.0. The minimum atomic E-state index is -0.356. The number of anilines is 1. The largest absolute Gasteiger partial charge is 0.362 e. The van der Waals surface area contributed by atoms with Crippen LogP contribution >= 0.6 is 0 Å². The van der Waals surface area contributed by atoms with E-state index < -0.39 is 0 Å². The van der Waals surface area contributed by atoms with Crippen molar-refractivity contribution < 1.29 is 9.72 Å². The summed E-state index contributed by atoms with van der Waals surface area (Å²) in [5.41, 5.74) is 1.74. The number of carbonyl (C=O) groups excluding carboxylic acids is 1. The van der Waals surface area contributed by atoms with Gasteiger partial charge in [0.05, 0.1) is 4.92 Å². The number of nitro benzene ring substituents is 1. The summed E-state index contributed by atoms with van der Waals surface area (Å²) in [4.78, 5) is 26.3. The Labute approximate surface area is 123 Å². The summed E-state index contributed by atoms with van der Waals surface area (Å²) in [6, 6.07) is 5.05. The Bertz CT molecular complexity index is 539. The molecule has 0 aliphatic carbocycles. The first-order valence-corrected chi connectivity index (χ1v) is 7.05. The van der Waals surface area contributed by atoms with Crippen molar-refractivity contribution in [3.63, 3.8) is 0 Å². The zero-order valence-electron chi connectivity index (χ0n) is 12.3. The van der Waals surface area contributed by atoms with Gasteiger partial charge in [0.15, 0.2) is 0 Å².